The second-order valence-electron chi connectivity index (χ2n) is 6.07. The number of anilines is 2. The maximum atomic E-state index is 12.3. The summed E-state index contributed by atoms with van der Waals surface area (Å²) in [5.74, 6) is -0.245. The van der Waals surface area contributed by atoms with Crippen molar-refractivity contribution in [1.29, 1.82) is 0 Å². The Bertz CT molecular complexity index is 1090. The number of nitro groups is 1. The van der Waals surface area contributed by atoms with Gasteiger partial charge < -0.3 is 10.6 Å². The molecule has 9 nitrogen and oxygen atoms in total. The highest BCUT2D eigenvalue weighted by atomic mass is 16.6. The van der Waals surface area contributed by atoms with E-state index in [0.29, 0.717) is 44.7 Å². The van der Waals surface area contributed by atoms with E-state index in [-0.39, 0.29) is 11.6 Å². The fourth-order valence-electron chi connectivity index (χ4n) is 3.22. The van der Waals surface area contributed by atoms with Gasteiger partial charge in [-0.25, -0.2) is 0 Å². The third-order valence-corrected chi connectivity index (χ3v) is 4.32. The summed E-state index contributed by atoms with van der Waals surface area (Å²) in [7, 11) is 0. The van der Waals surface area contributed by atoms with Gasteiger partial charge in [0.15, 0.2) is 0 Å². The van der Waals surface area contributed by atoms with Crippen molar-refractivity contribution in [3.05, 3.63) is 57.3 Å². The summed E-state index contributed by atoms with van der Waals surface area (Å²) >= 11 is 0. The van der Waals surface area contributed by atoms with Crippen LogP contribution in [0.2, 0.25) is 0 Å². The third kappa shape index (κ3) is 2.37. The van der Waals surface area contributed by atoms with Crippen LogP contribution in [0.1, 0.15) is 16.7 Å². The van der Waals surface area contributed by atoms with Crippen LogP contribution in [0.25, 0.3) is 16.6 Å². The fourth-order valence-corrected chi connectivity index (χ4v) is 3.22. The lowest BCUT2D eigenvalue weighted by Crippen LogP contribution is -2.05. The number of hydrogen-bond acceptors (Lipinski definition) is 6. The zero-order valence-corrected chi connectivity index (χ0v) is 14.0. The van der Waals surface area contributed by atoms with Crippen molar-refractivity contribution in [1.82, 2.24) is 15.4 Å². The van der Waals surface area contributed by atoms with Crippen molar-refractivity contribution < 1.29 is 9.72 Å². The lowest BCUT2D eigenvalue weighted by Gasteiger charge is -2.07. The van der Waals surface area contributed by atoms with Gasteiger partial charge in [-0.3, -0.25) is 20.0 Å². The third-order valence-electron chi connectivity index (χ3n) is 4.32. The van der Waals surface area contributed by atoms with Crippen LogP contribution in [0, 0.1) is 24.0 Å². The molecule has 3 aromatic rings. The second kappa shape index (κ2) is 5.66. The number of benzene rings is 2. The van der Waals surface area contributed by atoms with Crippen LogP contribution in [0.15, 0.2) is 30.5 Å². The molecule has 130 valence electrons. The number of carbonyl (C=O) groups excluding carboxylic acids is 1. The Labute approximate surface area is 147 Å². The van der Waals surface area contributed by atoms with Gasteiger partial charge in [0.2, 0.25) is 0 Å². The largest absolute Gasteiger partial charge is 0.361 e. The average molecular weight is 350 g/mol. The predicted octanol–water partition coefficient (Wildman–Crippen LogP) is 2.89. The Balaban J connectivity index is 1.74. The second-order valence-corrected chi connectivity index (χ2v) is 6.07. The molecule has 0 saturated carbocycles. The summed E-state index contributed by atoms with van der Waals surface area (Å²) < 4.78 is 0. The van der Waals surface area contributed by atoms with Crippen LogP contribution in [-0.2, 0) is 4.79 Å². The van der Waals surface area contributed by atoms with Gasteiger partial charge in [-0.1, -0.05) is 5.21 Å². The number of H-pyrrole nitrogens is 1. The molecule has 0 fully saturated rings. The van der Waals surface area contributed by atoms with Crippen LogP contribution in [0.4, 0.5) is 17.1 Å². The number of carbonyl (C=O) groups is 1. The molecule has 0 radical (unpaired) electrons. The molecule has 1 aliphatic heterocycles. The van der Waals surface area contributed by atoms with Crippen LogP contribution in [0.5, 0.6) is 0 Å². The molecule has 0 saturated heterocycles. The number of aromatic nitrogens is 3. The minimum absolute atomic E-state index is 0.0948. The predicted molar refractivity (Wildman–Crippen MR) is 96.7 cm³/mol. The van der Waals surface area contributed by atoms with Gasteiger partial charge in [-0.15, -0.1) is 5.10 Å². The minimum Gasteiger partial charge on any atom is -0.361 e. The van der Waals surface area contributed by atoms with E-state index in [2.05, 4.69) is 26.0 Å². The van der Waals surface area contributed by atoms with E-state index in [9.17, 15) is 14.9 Å². The Morgan fingerprint density at radius 1 is 1.23 bits per heavy atom. The highest BCUT2D eigenvalue weighted by molar-refractivity contribution is 6.34. The topological polar surface area (TPSA) is 126 Å². The van der Waals surface area contributed by atoms with Crippen molar-refractivity contribution in [2.75, 3.05) is 10.6 Å². The summed E-state index contributed by atoms with van der Waals surface area (Å²) in [6.07, 6.45) is 1.58. The van der Waals surface area contributed by atoms with E-state index < -0.39 is 4.92 Å². The van der Waals surface area contributed by atoms with E-state index in [0.717, 1.165) is 0 Å². The number of aromatic amines is 1. The van der Waals surface area contributed by atoms with Gasteiger partial charge >= 0.3 is 0 Å². The first-order chi connectivity index (χ1) is 12.5. The summed E-state index contributed by atoms with van der Waals surface area (Å²) in [4.78, 5) is 23.0. The number of fused-ring (bicyclic) bond motifs is 3. The van der Waals surface area contributed by atoms with Gasteiger partial charge in [0, 0.05) is 28.6 Å². The molecule has 0 spiro atoms. The number of nitrogens with one attached hydrogen (secondary N) is 3. The zero-order chi connectivity index (χ0) is 18.4. The molecular weight excluding hydrogens is 336 g/mol. The molecule has 0 unspecified atom stereocenters. The Hall–Kier alpha value is -3.75. The van der Waals surface area contributed by atoms with Crippen LogP contribution >= 0.6 is 0 Å². The molecule has 26 heavy (non-hydrogen) atoms. The average Bonchev–Trinajstić information content (AvgIpc) is 3.15. The van der Waals surface area contributed by atoms with Crippen LogP contribution in [0.3, 0.4) is 0 Å². The molecule has 1 aliphatic rings. The first-order valence-electron chi connectivity index (χ1n) is 7.83. The van der Waals surface area contributed by atoms with Gasteiger partial charge in [0.05, 0.1) is 21.7 Å². The molecule has 2 heterocycles. The maximum absolute atomic E-state index is 12.3. The van der Waals surface area contributed by atoms with Crippen molar-refractivity contribution in [3.63, 3.8) is 0 Å². The lowest BCUT2D eigenvalue weighted by atomic mass is 10.1. The number of hydrogen-bond donors (Lipinski definition) is 3. The Kier molecular flexibility index (Phi) is 3.43. The first kappa shape index (κ1) is 15.8. The standard InChI is InChI=1S/C17H14N6O3/c1-8-5-10(6-9(2)16(8)23(25)26)18-7-11-14-12(19-17(11)24)3-4-13-15(14)21-22-20-13/h3-7,18H,1-2H3,(H,19,24)(H,20,21,22). The van der Waals surface area contributed by atoms with Gasteiger partial charge in [-0.05, 0) is 38.1 Å². The number of nitrogens with zero attached hydrogens (tertiary/aromatic N) is 3. The minimum atomic E-state index is -0.393. The maximum Gasteiger partial charge on any atom is 0.275 e. The number of rotatable bonds is 3. The molecule has 0 aliphatic carbocycles. The molecule has 0 bridgehead atoms. The molecule has 1 aromatic heterocycles. The van der Waals surface area contributed by atoms with Crippen molar-refractivity contribution >= 4 is 39.6 Å². The smallest absolute Gasteiger partial charge is 0.275 e. The summed E-state index contributed by atoms with van der Waals surface area (Å²) in [5.41, 5.74) is 4.99. The highest BCUT2D eigenvalue weighted by Gasteiger charge is 2.27. The Morgan fingerprint density at radius 2 is 1.96 bits per heavy atom. The SMILES string of the molecule is Cc1cc(NC=C2C(=O)Nc3ccc4nn[nH]c4c32)cc(C)c1[N+](=O)[O-]. The van der Waals surface area contributed by atoms with Gasteiger partial charge in [0.1, 0.15) is 5.52 Å². The van der Waals surface area contributed by atoms with E-state index in [4.69, 9.17) is 0 Å². The molecule has 3 N–H and O–H groups in total. The normalized spacial score (nSPS) is 14.5. The molecular formula is C17H14N6O3. The number of aryl methyl sites for hydroxylation is 2. The van der Waals surface area contributed by atoms with Crippen LogP contribution < -0.4 is 10.6 Å². The number of amides is 1. The zero-order valence-electron chi connectivity index (χ0n) is 14.0. The van der Waals surface area contributed by atoms with E-state index in [1.54, 1.807) is 44.3 Å². The first-order valence-corrected chi connectivity index (χ1v) is 7.83. The summed E-state index contributed by atoms with van der Waals surface area (Å²) in [6.45, 7) is 3.36. The molecule has 1 amide bonds. The summed E-state index contributed by atoms with van der Waals surface area (Å²) in [5, 5.41) is 27.5. The summed E-state index contributed by atoms with van der Waals surface area (Å²) in [6, 6.07) is 6.90. The van der Waals surface area contributed by atoms with Crippen LogP contribution in [-0.4, -0.2) is 26.2 Å². The van der Waals surface area contributed by atoms with Crippen molar-refractivity contribution in [3.8, 4) is 0 Å². The van der Waals surface area contributed by atoms with Gasteiger partial charge in [0.25, 0.3) is 11.6 Å². The molecule has 0 atom stereocenters. The molecule has 4 rings (SSSR count). The number of nitro benzene ring substituents is 1. The Morgan fingerprint density at radius 3 is 2.65 bits per heavy atom. The van der Waals surface area contributed by atoms with Crippen molar-refractivity contribution in [2.45, 2.75) is 13.8 Å². The van der Waals surface area contributed by atoms with Crippen molar-refractivity contribution in [2.24, 2.45) is 0 Å². The molecule has 2 aromatic carbocycles. The molecule has 9 heteroatoms. The van der Waals surface area contributed by atoms with E-state index >= 15 is 0 Å². The quantitative estimate of drug-likeness (QED) is 0.379. The fraction of sp³-hybridized carbons (Fsp3) is 0.118. The van der Waals surface area contributed by atoms with E-state index in [1.165, 1.54) is 0 Å². The highest BCUT2D eigenvalue weighted by Crippen LogP contribution is 2.36. The van der Waals surface area contributed by atoms with E-state index in [1.807, 2.05) is 0 Å². The lowest BCUT2D eigenvalue weighted by molar-refractivity contribution is -0.386. The van der Waals surface area contributed by atoms with Gasteiger partial charge in [-0.2, -0.15) is 0 Å². The monoisotopic (exact) mass is 350 g/mol.